The molecule has 0 aliphatic carbocycles. The Bertz CT molecular complexity index is 692. The van der Waals surface area contributed by atoms with Crippen molar-refractivity contribution >= 4 is 34.8 Å². The lowest BCUT2D eigenvalue weighted by molar-refractivity contribution is -0.682. The van der Waals surface area contributed by atoms with Crippen molar-refractivity contribution in [1.29, 1.82) is 0 Å². The molecule has 1 atom stereocenters. The number of nitrogens with one attached hydrogen (secondary N) is 1. The highest BCUT2D eigenvalue weighted by Gasteiger charge is 2.12. The Morgan fingerprint density at radius 1 is 1.26 bits per heavy atom. The van der Waals surface area contributed by atoms with Crippen molar-refractivity contribution < 1.29 is 14.8 Å². The van der Waals surface area contributed by atoms with Gasteiger partial charge in [-0.05, 0) is 37.3 Å². The van der Waals surface area contributed by atoms with Crippen LogP contribution in [0.25, 0.3) is 0 Å². The monoisotopic (exact) mass is 353 g/mol. The standard InChI is InChI=1S/C17H18Cl2N2O2/c1-11(12-4-3-5-13(18)8-12)20-10-17(22)21-14-6-7-16(23-2)15(19)9-14/h3-9,11,20H,10H2,1-2H3,(H,21,22)/p+1/t11-/m1/s1. The SMILES string of the molecule is COc1ccc(NC(=O)C[NH2+][C@H](C)c2cccc(Cl)c2)cc1Cl. The predicted octanol–water partition coefficient (Wildman–Crippen LogP) is 3.27. The highest BCUT2D eigenvalue weighted by Crippen LogP contribution is 2.27. The van der Waals surface area contributed by atoms with Crippen molar-refractivity contribution in [3.05, 3.63) is 58.1 Å². The summed E-state index contributed by atoms with van der Waals surface area (Å²) in [6, 6.07) is 12.9. The average Bonchev–Trinajstić information content (AvgIpc) is 2.53. The first-order valence-electron chi connectivity index (χ1n) is 7.22. The molecule has 1 amide bonds. The van der Waals surface area contributed by atoms with E-state index in [4.69, 9.17) is 27.9 Å². The highest BCUT2D eigenvalue weighted by atomic mass is 35.5. The number of anilines is 1. The minimum atomic E-state index is -0.0971. The van der Waals surface area contributed by atoms with E-state index in [0.717, 1.165) is 5.56 Å². The van der Waals surface area contributed by atoms with Gasteiger partial charge in [-0.25, -0.2) is 0 Å². The van der Waals surface area contributed by atoms with Crippen LogP contribution in [0.15, 0.2) is 42.5 Å². The minimum absolute atomic E-state index is 0.0971. The van der Waals surface area contributed by atoms with Crippen molar-refractivity contribution in [2.45, 2.75) is 13.0 Å². The molecule has 0 aliphatic heterocycles. The number of hydrogen-bond donors (Lipinski definition) is 2. The Hall–Kier alpha value is -1.75. The molecule has 0 spiro atoms. The van der Waals surface area contributed by atoms with Crippen molar-refractivity contribution in [2.24, 2.45) is 0 Å². The molecular formula is C17H19Cl2N2O2+. The van der Waals surface area contributed by atoms with Crippen LogP contribution in [0.1, 0.15) is 18.5 Å². The normalized spacial score (nSPS) is 11.8. The van der Waals surface area contributed by atoms with Gasteiger partial charge in [0.15, 0.2) is 6.54 Å². The topological polar surface area (TPSA) is 54.9 Å². The zero-order chi connectivity index (χ0) is 16.8. The van der Waals surface area contributed by atoms with Crippen molar-refractivity contribution in [3.8, 4) is 5.75 Å². The van der Waals surface area contributed by atoms with Gasteiger partial charge in [-0.15, -0.1) is 0 Å². The Morgan fingerprint density at radius 3 is 2.70 bits per heavy atom. The molecule has 23 heavy (non-hydrogen) atoms. The molecule has 2 aromatic carbocycles. The van der Waals surface area contributed by atoms with E-state index in [-0.39, 0.29) is 11.9 Å². The summed E-state index contributed by atoms with van der Waals surface area (Å²) < 4.78 is 5.08. The van der Waals surface area contributed by atoms with E-state index in [2.05, 4.69) is 5.32 Å². The summed E-state index contributed by atoms with van der Waals surface area (Å²) >= 11 is 12.0. The Kier molecular flexibility index (Phi) is 6.28. The van der Waals surface area contributed by atoms with Crippen LogP contribution in [0, 0.1) is 0 Å². The summed E-state index contributed by atoms with van der Waals surface area (Å²) in [4.78, 5) is 12.0. The van der Waals surface area contributed by atoms with Crippen LogP contribution < -0.4 is 15.4 Å². The zero-order valence-corrected chi connectivity index (χ0v) is 14.5. The molecule has 0 heterocycles. The number of rotatable bonds is 6. The molecule has 2 rings (SSSR count). The number of methoxy groups -OCH3 is 1. The molecule has 0 fully saturated rings. The quantitative estimate of drug-likeness (QED) is 0.837. The third kappa shape index (κ3) is 5.13. The third-order valence-corrected chi connectivity index (χ3v) is 4.00. The third-order valence-electron chi connectivity index (χ3n) is 3.47. The van der Waals surface area contributed by atoms with Gasteiger partial charge >= 0.3 is 0 Å². The van der Waals surface area contributed by atoms with E-state index in [9.17, 15) is 4.79 Å². The lowest BCUT2D eigenvalue weighted by Gasteiger charge is -2.12. The van der Waals surface area contributed by atoms with Gasteiger partial charge in [0, 0.05) is 16.3 Å². The number of nitrogens with two attached hydrogens (primary N) is 1. The summed E-state index contributed by atoms with van der Waals surface area (Å²) in [5.74, 6) is 0.478. The van der Waals surface area contributed by atoms with Gasteiger partial charge in [-0.1, -0.05) is 35.3 Å². The number of amides is 1. The van der Waals surface area contributed by atoms with Gasteiger partial charge in [0.1, 0.15) is 11.8 Å². The summed E-state index contributed by atoms with van der Waals surface area (Å²) in [6.45, 7) is 2.33. The van der Waals surface area contributed by atoms with E-state index in [0.29, 0.717) is 28.0 Å². The molecule has 6 heteroatoms. The minimum Gasteiger partial charge on any atom is -0.495 e. The zero-order valence-electron chi connectivity index (χ0n) is 13.0. The van der Waals surface area contributed by atoms with E-state index >= 15 is 0 Å². The highest BCUT2D eigenvalue weighted by molar-refractivity contribution is 6.32. The Morgan fingerprint density at radius 2 is 2.04 bits per heavy atom. The number of benzene rings is 2. The number of ether oxygens (including phenoxy) is 1. The molecule has 0 saturated carbocycles. The van der Waals surface area contributed by atoms with Crippen LogP contribution in [-0.4, -0.2) is 19.6 Å². The van der Waals surface area contributed by atoms with E-state index in [1.54, 1.807) is 25.3 Å². The smallest absolute Gasteiger partial charge is 0.279 e. The van der Waals surface area contributed by atoms with E-state index in [1.807, 2.05) is 36.5 Å². The van der Waals surface area contributed by atoms with E-state index in [1.165, 1.54) is 0 Å². The molecule has 2 aromatic rings. The first-order chi connectivity index (χ1) is 11.0. The summed E-state index contributed by atoms with van der Waals surface area (Å²) in [5, 5.41) is 5.92. The number of carbonyl (C=O) groups is 1. The van der Waals surface area contributed by atoms with Gasteiger partial charge < -0.3 is 15.4 Å². The molecule has 4 nitrogen and oxygen atoms in total. The maximum absolute atomic E-state index is 12.0. The Balaban J connectivity index is 1.88. The molecular weight excluding hydrogens is 335 g/mol. The Labute approximate surface area is 145 Å². The first kappa shape index (κ1) is 17.6. The summed E-state index contributed by atoms with van der Waals surface area (Å²) in [7, 11) is 1.55. The van der Waals surface area contributed by atoms with Crippen molar-refractivity contribution in [2.75, 3.05) is 19.0 Å². The lowest BCUT2D eigenvalue weighted by Crippen LogP contribution is -2.86. The fourth-order valence-corrected chi connectivity index (χ4v) is 2.62. The molecule has 0 aromatic heterocycles. The second-order valence-electron chi connectivity index (χ2n) is 5.18. The number of hydrogen-bond acceptors (Lipinski definition) is 2. The van der Waals surface area contributed by atoms with Crippen molar-refractivity contribution in [3.63, 3.8) is 0 Å². The molecule has 0 unspecified atom stereocenters. The lowest BCUT2D eigenvalue weighted by atomic mass is 10.1. The molecule has 0 bridgehead atoms. The van der Waals surface area contributed by atoms with E-state index < -0.39 is 0 Å². The van der Waals surface area contributed by atoms with Gasteiger partial charge in [-0.2, -0.15) is 0 Å². The molecule has 3 N–H and O–H groups in total. The van der Waals surface area contributed by atoms with Crippen LogP contribution >= 0.6 is 23.2 Å². The molecule has 0 radical (unpaired) electrons. The first-order valence-corrected chi connectivity index (χ1v) is 7.97. The predicted molar refractivity (Wildman–Crippen MR) is 93.3 cm³/mol. The molecule has 0 aliphatic rings. The van der Waals surface area contributed by atoms with Crippen LogP contribution in [0.2, 0.25) is 10.0 Å². The molecule has 0 saturated heterocycles. The maximum Gasteiger partial charge on any atom is 0.279 e. The number of quaternary nitrogens is 1. The largest absolute Gasteiger partial charge is 0.495 e. The number of halogens is 2. The van der Waals surface area contributed by atoms with Crippen LogP contribution in [0.4, 0.5) is 5.69 Å². The fourth-order valence-electron chi connectivity index (χ4n) is 2.17. The number of carbonyl (C=O) groups excluding carboxylic acids is 1. The van der Waals surface area contributed by atoms with Gasteiger partial charge in [0.2, 0.25) is 0 Å². The van der Waals surface area contributed by atoms with Crippen molar-refractivity contribution in [1.82, 2.24) is 0 Å². The van der Waals surface area contributed by atoms with Gasteiger partial charge in [0.05, 0.1) is 12.1 Å². The second-order valence-corrected chi connectivity index (χ2v) is 6.02. The fraction of sp³-hybridized carbons (Fsp3) is 0.235. The second kappa shape index (κ2) is 8.20. The molecule has 122 valence electrons. The summed E-state index contributed by atoms with van der Waals surface area (Å²) in [6.07, 6.45) is 0. The van der Waals surface area contributed by atoms with Gasteiger partial charge in [0.25, 0.3) is 5.91 Å². The maximum atomic E-state index is 12.0. The van der Waals surface area contributed by atoms with Crippen LogP contribution in [0.5, 0.6) is 5.75 Å². The average molecular weight is 354 g/mol. The van der Waals surface area contributed by atoms with Gasteiger partial charge in [-0.3, -0.25) is 4.79 Å². The van der Waals surface area contributed by atoms with Crippen LogP contribution in [-0.2, 0) is 4.79 Å². The van der Waals surface area contributed by atoms with Crippen LogP contribution in [0.3, 0.4) is 0 Å². The summed E-state index contributed by atoms with van der Waals surface area (Å²) in [5.41, 5.74) is 1.72.